The van der Waals surface area contributed by atoms with Gasteiger partial charge >= 0.3 is 0 Å². The van der Waals surface area contributed by atoms with E-state index in [2.05, 4.69) is 55.4 Å². The first-order chi connectivity index (χ1) is 10.3. The second-order valence-corrected chi connectivity index (χ2v) is 6.42. The number of benzene rings is 1. The summed E-state index contributed by atoms with van der Waals surface area (Å²) in [5.74, 6) is 0.0780. The fourth-order valence-electron chi connectivity index (χ4n) is 2.97. The molecule has 1 aliphatic rings. The van der Waals surface area contributed by atoms with Crippen LogP contribution in [0.3, 0.4) is 0 Å². The molecular weight excluding hydrogens is 276 g/mol. The molecule has 0 bridgehead atoms. The molecule has 22 heavy (non-hydrogen) atoms. The summed E-state index contributed by atoms with van der Waals surface area (Å²) in [6.45, 7) is 6.75. The van der Waals surface area contributed by atoms with Crippen molar-refractivity contribution >= 4 is 17.8 Å². The minimum atomic E-state index is -0.397. The number of amides is 1. The highest BCUT2D eigenvalue weighted by molar-refractivity contribution is 5.84. The van der Waals surface area contributed by atoms with Crippen LogP contribution in [0, 0.1) is 11.3 Å². The van der Waals surface area contributed by atoms with E-state index in [1.54, 1.807) is 12.3 Å². The number of nitrogens with zero attached hydrogens (tertiary/aromatic N) is 3. The van der Waals surface area contributed by atoms with Gasteiger partial charge in [-0.15, -0.1) is 0 Å². The Bertz CT molecular complexity index is 643. The molecule has 0 aromatic heterocycles. The summed E-state index contributed by atoms with van der Waals surface area (Å²) in [6, 6.07) is 7.99. The highest BCUT2D eigenvalue weighted by atomic mass is 16.2. The third-order valence-electron chi connectivity index (χ3n) is 4.30. The van der Waals surface area contributed by atoms with Gasteiger partial charge in [-0.3, -0.25) is 4.79 Å². The van der Waals surface area contributed by atoms with Crippen LogP contribution >= 0.6 is 0 Å². The highest BCUT2D eigenvalue weighted by Gasteiger charge is 2.33. The maximum absolute atomic E-state index is 11.2. The van der Waals surface area contributed by atoms with Crippen molar-refractivity contribution in [2.75, 3.05) is 11.9 Å². The van der Waals surface area contributed by atoms with Crippen molar-refractivity contribution in [2.24, 2.45) is 5.10 Å². The summed E-state index contributed by atoms with van der Waals surface area (Å²) in [7, 11) is 2.13. The van der Waals surface area contributed by atoms with Crippen molar-refractivity contribution < 1.29 is 4.79 Å². The first kappa shape index (κ1) is 16.0. The van der Waals surface area contributed by atoms with Gasteiger partial charge in [0.05, 0.1) is 12.3 Å². The van der Waals surface area contributed by atoms with E-state index in [9.17, 15) is 4.79 Å². The summed E-state index contributed by atoms with van der Waals surface area (Å²) in [5.41, 5.74) is 5.97. The lowest BCUT2D eigenvalue weighted by atomic mass is 9.80. The first-order valence-electron chi connectivity index (χ1n) is 7.42. The molecule has 1 aromatic rings. The number of hydrazone groups is 1. The molecule has 1 aliphatic heterocycles. The highest BCUT2D eigenvalue weighted by Crippen LogP contribution is 2.42. The lowest BCUT2D eigenvalue weighted by Gasteiger charge is -2.45. The predicted octanol–water partition coefficient (Wildman–Crippen LogP) is 2.77. The van der Waals surface area contributed by atoms with Crippen LogP contribution in [0.5, 0.6) is 0 Å². The Labute approximate surface area is 131 Å². The molecule has 1 atom stereocenters. The van der Waals surface area contributed by atoms with E-state index in [1.165, 1.54) is 11.3 Å². The third kappa shape index (κ3) is 3.28. The van der Waals surface area contributed by atoms with Crippen molar-refractivity contribution in [1.82, 2.24) is 5.43 Å². The average Bonchev–Trinajstić information content (AvgIpc) is 2.45. The molecule has 116 valence electrons. The maximum atomic E-state index is 11.2. The molecule has 1 N–H and O–H groups in total. The van der Waals surface area contributed by atoms with Crippen LogP contribution in [-0.2, 0) is 4.79 Å². The summed E-state index contributed by atoms with van der Waals surface area (Å²) in [6.07, 6.45) is 2.52. The fraction of sp³-hybridized carbons (Fsp3) is 0.471. The summed E-state index contributed by atoms with van der Waals surface area (Å²) in [4.78, 5) is 13.5. The van der Waals surface area contributed by atoms with Gasteiger partial charge in [0.25, 0.3) is 5.91 Å². The number of carbonyl (C=O) groups is 1. The summed E-state index contributed by atoms with van der Waals surface area (Å²) >= 11 is 0. The number of rotatable bonds is 3. The van der Waals surface area contributed by atoms with Crippen molar-refractivity contribution in [2.45, 2.75) is 45.1 Å². The largest absolute Gasteiger partial charge is 0.369 e. The SMILES string of the molecule is C[C@@H]1CC(C)(C)N(C)c2ccc(/C=N\NC(=O)CC#N)cc21. The summed E-state index contributed by atoms with van der Waals surface area (Å²) in [5, 5.41) is 12.3. The Kier molecular flexibility index (Phi) is 4.51. The molecule has 5 heteroatoms. The summed E-state index contributed by atoms with van der Waals surface area (Å²) < 4.78 is 0. The minimum absolute atomic E-state index is 0.146. The zero-order chi connectivity index (χ0) is 16.3. The molecule has 0 saturated carbocycles. The third-order valence-corrected chi connectivity index (χ3v) is 4.30. The fourth-order valence-corrected chi connectivity index (χ4v) is 2.97. The Morgan fingerprint density at radius 1 is 1.59 bits per heavy atom. The zero-order valence-corrected chi connectivity index (χ0v) is 13.6. The van der Waals surface area contributed by atoms with Gasteiger partial charge < -0.3 is 4.90 Å². The molecule has 0 aliphatic carbocycles. The average molecular weight is 298 g/mol. The Balaban J connectivity index is 2.19. The van der Waals surface area contributed by atoms with E-state index in [0.717, 1.165) is 12.0 Å². The van der Waals surface area contributed by atoms with E-state index in [4.69, 9.17) is 5.26 Å². The van der Waals surface area contributed by atoms with Gasteiger partial charge in [-0.25, -0.2) is 5.43 Å². The van der Waals surface area contributed by atoms with Crippen LogP contribution in [0.1, 0.15) is 50.7 Å². The molecule has 0 radical (unpaired) electrons. The number of nitrogens with one attached hydrogen (secondary N) is 1. The number of hydrogen-bond donors (Lipinski definition) is 1. The standard InChI is InChI=1S/C17H22N4O/c1-12-10-17(2,3)21(4)15-6-5-13(9-14(12)15)11-19-20-16(22)7-8-18/h5-6,9,11-12H,7,10H2,1-4H3,(H,20,22)/b19-11-/t12-/m1/s1. The second kappa shape index (κ2) is 6.18. The Hall–Kier alpha value is -2.35. The van der Waals surface area contributed by atoms with Crippen LogP contribution < -0.4 is 10.3 Å². The van der Waals surface area contributed by atoms with E-state index < -0.39 is 5.91 Å². The van der Waals surface area contributed by atoms with Gasteiger partial charge in [-0.2, -0.15) is 10.4 Å². The normalized spacial score (nSPS) is 19.6. The van der Waals surface area contributed by atoms with Crippen molar-refractivity contribution in [3.05, 3.63) is 29.3 Å². The molecule has 0 saturated heterocycles. The smallest absolute Gasteiger partial charge is 0.254 e. The van der Waals surface area contributed by atoms with Gasteiger partial charge in [0.15, 0.2) is 0 Å². The molecule has 1 aromatic carbocycles. The van der Waals surface area contributed by atoms with Crippen molar-refractivity contribution in [1.29, 1.82) is 5.26 Å². The molecule has 1 heterocycles. The number of nitriles is 1. The van der Waals surface area contributed by atoms with Crippen LogP contribution in [0.4, 0.5) is 5.69 Å². The van der Waals surface area contributed by atoms with Crippen molar-refractivity contribution in [3.8, 4) is 6.07 Å². The van der Waals surface area contributed by atoms with Crippen molar-refractivity contribution in [3.63, 3.8) is 0 Å². The predicted molar refractivity (Wildman–Crippen MR) is 87.9 cm³/mol. The molecule has 0 fully saturated rings. The maximum Gasteiger partial charge on any atom is 0.254 e. The van der Waals surface area contributed by atoms with Crippen LogP contribution in [0.15, 0.2) is 23.3 Å². The van der Waals surface area contributed by atoms with Gasteiger partial charge in [0.2, 0.25) is 0 Å². The van der Waals surface area contributed by atoms with Gasteiger partial charge in [-0.1, -0.05) is 13.0 Å². The molecule has 0 unspecified atom stereocenters. The topological polar surface area (TPSA) is 68.5 Å². The molecule has 2 rings (SSSR count). The van der Waals surface area contributed by atoms with E-state index in [1.807, 2.05) is 6.07 Å². The second-order valence-electron chi connectivity index (χ2n) is 6.42. The lowest BCUT2D eigenvalue weighted by Crippen LogP contribution is -2.45. The van der Waals surface area contributed by atoms with Gasteiger partial charge in [0, 0.05) is 18.3 Å². The zero-order valence-electron chi connectivity index (χ0n) is 13.6. The van der Waals surface area contributed by atoms with Gasteiger partial charge in [0.1, 0.15) is 6.42 Å². The van der Waals surface area contributed by atoms with E-state index in [-0.39, 0.29) is 12.0 Å². The molecule has 5 nitrogen and oxygen atoms in total. The quantitative estimate of drug-likeness (QED) is 0.689. The molecule has 1 amide bonds. The number of anilines is 1. The van der Waals surface area contributed by atoms with Gasteiger partial charge in [-0.05, 0) is 49.4 Å². The Morgan fingerprint density at radius 2 is 2.32 bits per heavy atom. The number of carbonyl (C=O) groups excluding carboxylic acids is 1. The lowest BCUT2D eigenvalue weighted by molar-refractivity contribution is -0.120. The monoisotopic (exact) mass is 298 g/mol. The van der Waals surface area contributed by atoms with E-state index in [0.29, 0.717) is 5.92 Å². The molecule has 0 spiro atoms. The minimum Gasteiger partial charge on any atom is -0.369 e. The Morgan fingerprint density at radius 3 is 3.00 bits per heavy atom. The first-order valence-corrected chi connectivity index (χ1v) is 7.42. The van der Waals surface area contributed by atoms with Crippen LogP contribution in [0.2, 0.25) is 0 Å². The van der Waals surface area contributed by atoms with E-state index >= 15 is 0 Å². The number of hydrogen-bond acceptors (Lipinski definition) is 4. The molecular formula is C17H22N4O. The van der Waals surface area contributed by atoms with Crippen LogP contribution in [0.25, 0.3) is 0 Å². The number of fused-ring (bicyclic) bond motifs is 1. The van der Waals surface area contributed by atoms with Crippen LogP contribution in [-0.4, -0.2) is 24.7 Å².